The molecule has 0 spiro atoms. The topological polar surface area (TPSA) is 0 Å². The van der Waals surface area contributed by atoms with Gasteiger partial charge in [0, 0.05) is 0 Å². The predicted molar refractivity (Wildman–Crippen MR) is 30.4 cm³/mol. The first kappa shape index (κ1) is 8.18. The molecule has 0 aromatic carbocycles. The minimum absolute atomic E-state index is 0.577. The molecule has 0 nitrogen and oxygen atoms in total. The van der Waals surface area contributed by atoms with E-state index in [1.54, 1.807) is 0 Å². The molecule has 8 heavy (non-hydrogen) atoms. The van der Waals surface area contributed by atoms with Crippen LogP contribution in [0.15, 0.2) is 11.1 Å². The van der Waals surface area contributed by atoms with Gasteiger partial charge in [0.2, 0.25) is 0 Å². The molecular formula is C4H4Cl2F2. The summed E-state index contributed by atoms with van der Waals surface area (Å²) in [6, 6.07) is 0. The van der Waals surface area contributed by atoms with Gasteiger partial charge in [-0.25, -0.2) is 0 Å². The molecule has 0 rings (SSSR count). The van der Waals surface area contributed by atoms with E-state index in [0.717, 1.165) is 0 Å². The lowest BCUT2D eigenvalue weighted by Crippen LogP contribution is -1.89. The third-order valence-electron chi connectivity index (χ3n) is 0.530. The van der Waals surface area contributed by atoms with E-state index in [4.69, 9.17) is 23.2 Å². The van der Waals surface area contributed by atoms with Crippen LogP contribution >= 0.6 is 23.2 Å². The maximum absolute atomic E-state index is 11.3. The molecule has 0 saturated heterocycles. The fourth-order valence-corrected chi connectivity index (χ4v) is 0.233. The van der Waals surface area contributed by atoms with Crippen molar-refractivity contribution in [2.24, 2.45) is 0 Å². The van der Waals surface area contributed by atoms with Gasteiger partial charge in [-0.15, -0.1) is 11.6 Å². The zero-order valence-corrected chi connectivity index (χ0v) is 5.60. The Kier molecular flexibility index (Phi) is 3.33. The van der Waals surface area contributed by atoms with Crippen molar-refractivity contribution in [2.45, 2.75) is 12.3 Å². The SMILES string of the molecule is CC(Cl)C(Cl)=C(F)F. The predicted octanol–water partition coefficient (Wildman–Crippen LogP) is 2.96. The van der Waals surface area contributed by atoms with Gasteiger partial charge >= 0.3 is 0 Å². The number of alkyl halides is 1. The Hall–Kier alpha value is 0.180. The lowest BCUT2D eigenvalue weighted by molar-refractivity contribution is 0.415. The smallest absolute Gasteiger partial charge is 0.172 e. The summed E-state index contributed by atoms with van der Waals surface area (Å²) in [4.78, 5) is 0. The van der Waals surface area contributed by atoms with E-state index in [0.29, 0.717) is 0 Å². The molecule has 0 radical (unpaired) electrons. The molecule has 4 heteroatoms. The highest BCUT2D eigenvalue weighted by Crippen LogP contribution is 2.19. The Morgan fingerprint density at radius 1 is 1.50 bits per heavy atom. The summed E-state index contributed by atoms with van der Waals surface area (Å²) in [6.07, 6.45) is -1.91. The van der Waals surface area contributed by atoms with Gasteiger partial charge in [0.15, 0.2) is 0 Å². The second-order valence-electron chi connectivity index (χ2n) is 1.22. The third kappa shape index (κ3) is 2.48. The zero-order chi connectivity index (χ0) is 6.73. The standard InChI is InChI=1S/C4H4Cl2F2/c1-2(5)3(6)4(7)8/h2H,1H3. The number of allylic oxidation sites excluding steroid dienone is 1. The zero-order valence-electron chi connectivity index (χ0n) is 4.09. The Balaban J connectivity index is 4.00. The van der Waals surface area contributed by atoms with Crippen LogP contribution in [-0.4, -0.2) is 5.38 Å². The largest absolute Gasteiger partial charge is 0.286 e. The minimum Gasteiger partial charge on any atom is -0.172 e. The Morgan fingerprint density at radius 2 is 1.88 bits per heavy atom. The molecule has 0 aliphatic carbocycles. The maximum atomic E-state index is 11.3. The molecule has 1 atom stereocenters. The lowest BCUT2D eigenvalue weighted by atomic mass is 10.5. The van der Waals surface area contributed by atoms with Gasteiger partial charge in [-0.3, -0.25) is 0 Å². The summed E-state index contributed by atoms with van der Waals surface area (Å²) in [5.41, 5.74) is 0. The van der Waals surface area contributed by atoms with Crippen molar-refractivity contribution in [2.75, 3.05) is 0 Å². The highest BCUT2D eigenvalue weighted by Gasteiger charge is 2.07. The molecule has 0 N–H and O–H groups in total. The lowest BCUT2D eigenvalue weighted by Gasteiger charge is -1.94. The van der Waals surface area contributed by atoms with E-state index in [1.807, 2.05) is 0 Å². The van der Waals surface area contributed by atoms with Gasteiger partial charge in [0.1, 0.15) is 5.03 Å². The quantitative estimate of drug-likeness (QED) is 0.518. The highest BCUT2D eigenvalue weighted by molar-refractivity contribution is 6.37. The Morgan fingerprint density at radius 3 is 1.88 bits per heavy atom. The fourth-order valence-electron chi connectivity index (χ4n) is 0.150. The molecule has 0 aliphatic rings. The summed E-state index contributed by atoms with van der Waals surface area (Å²) < 4.78 is 22.7. The van der Waals surface area contributed by atoms with E-state index in [-0.39, 0.29) is 0 Å². The van der Waals surface area contributed by atoms with Crippen molar-refractivity contribution in [3.8, 4) is 0 Å². The van der Waals surface area contributed by atoms with E-state index >= 15 is 0 Å². The molecule has 0 saturated carbocycles. The van der Waals surface area contributed by atoms with Crippen molar-refractivity contribution >= 4 is 23.2 Å². The second-order valence-corrected chi connectivity index (χ2v) is 2.29. The monoisotopic (exact) mass is 160 g/mol. The van der Waals surface area contributed by atoms with Crippen molar-refractivity contribution in [1.82, 2.24) is 0 Å². The molecule has 0 aliphatic heterocycles. The van der Waals surface area contributed by atoms with Crippen LogP contribution in [0.4, 0.5) is 8.78 Å². The van der Waals surface area contributed by atoms with Crippen molar-refractivity contribution in [3.05, 3.63) is 11.1 Å². The van der Waals surface area contributed by atoms with Crippen molar-refractivity contribution in [1.29, 1.82) is 0 Å². The summed E-state index contributed by atoms with van der Waals surface area (Å²) in [5, 5.41) is -1.37. The van der Waals surface area contributed by atoms with E-state index in [1.165, 1.54) is 6.92 Å². The molecular weight excluding hydrogens is 157 g/mol. The molecule has 0 bridgehead atoms. The first-order valence-electron chi connectivity index (χ1n) is 1.90. The van der Waals surface area contributed by atoms with Gasteiger partial charge in [0.25, 0.3) is 6.08 Å². The third-order valence-corrected chi connectivity index (χ3v) is 1.33. The first-order valence-corrected chi connectivity index (χ1v) is 2.72. The van der Waals surface area contributed by atoms with Crippen LogP contribution in [-0.2, 0) is 0 Å². The van der Waals surface area contributed by atoms with E-state index in [9.17, 15) is 8.78 Å². The Bertz CT molecular complexity index is 105. The fraction of sp³-hybridized carbons (Fsp3) is 0.500. The number of hydrogen-bond donors (Lipinski definition) is 0. The van der Waals surface area contributed by atoms with Crippen molar-refractivity contribution in [3.63, 3.8) is 0 Å². The summed E-state index contributed by atoms with van der Waals surface area (Å²) >= 11 is 10.1. The van der Waals surface area contributed by atoms with Crippen LogP contribution in [0, 0.1) is 0 Å². The van der Waals surface area contributed by atoms with E-state index in [2.05, 4.69) is 0 Å². The van der Waals surface area contributed by atoms with Crippen LogP contribution in [0.3, 0.4) is 0 Å². The van der Waals surface area contributed by atoms with Crippen LogP contribution < -0.4 is 0 Å². The molecule has 0 heterocycles. The average molecular weight is 161 g/mol. The van der Waals surface area contributed by atoms with E-state index < -0.39 is 16.5 Å². The number of rotatable bonds is 1. The number of halogens is 4. The number of hydrogen-bond acceptors (Lipinski definition) is 0. The second kappa shape index (κ2) is 3.25. The minimum atomic E-state index is -1.91. The van der Waals surface area contributed by atoms with Crippen LogP contribution in [0.1, 0.15) is 6.92 Å². The van der Waals surface area contributed by atoms with Gasteiger partial charge in [-0.1, -0.05) is 11.6 Å². The van der Waals surface area contributed by atoms with Crippen LogP contribution in [0.5, 0.6) is 0 Å². The highest BCUT2D eigenvalue weighted by atomic mass is 35.5. The maximum Gasteiger partial charge on any atom is 0.286 e. The van der Waals surface area contributed by atoms with Crippen LogP contribution in [0.25, 0.3) is 0 Å². The molecule has 0 aromatic rings. The first-order chi connectivity index (χ1) is 3.55. The molecule has 0 aromatic heterocycles. The molecule has 48 valence electrons. The van der Waals surface area contributed by atoms with Crippen LogP contribution in [0.2, 0.25) is 0 Å². The summed E-state index contributed by atoms with van der Waals surface area (Å²) in [7, 11) is 0. The molecule has 1 unspecified atom stereocenters. The average Bonchev–Trinajstić information content (AvgIpc) is 1.64. The summed E-state index contributed by atoms with van der Waals surface area (Å²) in [6.45, 7) is 1.38. The summed E-state index contributed by atoms with van der Waals surface area (Å²) in [5.74, 6) is 0. The van der Waals surface area contributed by atoms with Gasteiger partial charge < -0.3 is 0 Å². The van der Waals surface area contributed by atoms with Gasteiger partial charge in [0.05, 0.1) is 5.38 Å². The van der Waals surface area contributed by atoms with Gasteiger partial charge in [-0.05, 0) is 6.92 Å². The van der Waals surface area contributed by atoms with Gasteiger partial charge in [-0.2, -0.15) is 8.78 Å². The molecule has 0 fully saturated rings. The normalized spacial score (nSPS) is 13.1. The molecule has 0 amide bonds. The Labute approximate surface area is 56.1 Å². The van der Waals surface area contributed by atoms with Crippen molar-refractivity contribution < 1.29 is 8.78 Å².